The SMILES string of the molecule is CC(=O)N1CCC(=O)c2cc(F)ccc2C1. The van der Waals surface area contributed by atoms with E-state index in [4.69, 9.17) is 0 Å². The zero-order chi connectivity index (χ0) is 11.7. The van der Waals surface area contributed by atoms with Crippen molar-refractivity contribution in [1.29, 1.82) is 0 Å². The molecule has 0 fully saturated rings. The topological polar surface area (TPSA) is 37.4 Å². The van der Waals surface area contributed by atoms with Crippen molar-refractivity contribution in [2.75, 3.05) is 6.54 Å². The summed E-state index contributed by atoms with van der Waals surface area (Å²) in [6.07, 6.45) is 0.260. The number of Topliss-reactive ketones (excluding diaryl/α,β-unsaturated/α-hetero) is 1. The zero-order valence-electron chi connectivity index (χ0n) is 9.00. The van der Waals surface area contributed by atoms with Crippen LogP contribution in [0.1, 0.15) is 29.3 Å². The minimum atomic E-state index is -0.414. The first-order chi connectivity index (χ1) is 7.58. The van der Waals surface area contributed by atoms with Crippen LogP contribution in [0.5, 0.6) is 0 Å². The van der Waals surface area contributed by atoms with E-state index in [2.05, 4.69) is 0 Å². The summed E-state index contributed by atoms with van der Waals surface area (Å²) in [5, 5.41) is 0. The summed E-state index contributed by atoms with van der Waals surface area (Å²) in [6, 6.07) is 4.14. The predicted molar refractivity (Wildman–Crippen MR) is 56.4 cm³/mol. The third-order valence-electron chi connectivity index (χ3n) is 2.79. The van der Waals surface area contributed by atoms with Crippen molar-refractivity contribution >= 4 is 11.7 Å². The number of carbonyl (C=O) groups excluding carboxylic acids is 2. The van der Waals surface area contributed by atoms with E-state index >= 15 is 0 Å². The van der Waals surface area contributed by atoms with E-state index in [-0.39, 0.29) is 18.1 Å². The van der Waals surface area contributed by atoms with Crippen molar-refractivity contribution in [3.8, 4) is 0 Å². The Hall–Kier alpha value is -1.71. The molecule has 84 valence electrons. The monoisotopic (exact) mass is 221 g/mol. The summed E-state index contributed by atoms with van der Waals surface area (Å²) in [4.78, 5) is 24.6. The third-order valence-corrected chi connectivity index (χ3v) is 2.79. The molecule has 1 aromatic carbocycles. The number of hydrogen-bond acceptors (Lipinski definition) is 2. The molecule has 2 rings (SSSR count). The summed E-state index contributed by atoms with van der Waals surface area (Å²) >= 11 is 0. The van der Waals surface area contributed by atoms with E-state index in [1.165, 1.54) is 19.1 Å². The molecule has 0 unspecified atom stereocenters. The smallest absolute Gasteiger partial charge is 0.219 e. The van der Waals surface area contributed by atoms with E-state index in [1.807, 2.05) is 0 Å². The van der Waals surface area contributed by atoms with Crippen LogP contribution in [0.4, 0.5) is 4.39 Å². The molecule has 0 aliphatic carbocycles. The van der Waals surface area contributed by atoms with E-state index in [0.29, 0.717) is 18.7 Å². The van der Waals surface area contributed by atoms with Gasteiger partial charge in [0.05, 0.1) is 0 Å². The number of rotatable bonds is 0. The molecule has 16 heavy (non-hydrogen) atoms. The fraction of sp³-hybridized carbons (Fsp3) is 0.333. The fourth-order valence-corrected chi connectivity index (χ4v) is 1.87. The lowest BCUT2D eigenvalue weighted by Gasteiger charge is -2.18. The summed E-state index contributed by atoms with van der Waals surface area (Å²) < 4.78 is 13.0. The number of carbonyl (C=O) groups is 2. The molecule has 3 nitrogen and oxygen atoms in total. The summed E-state index contributed by atoms with van der Waals surface area (Å²) in [6.45, 7) is 2.26. The normalized spacial score (nSPS) is 15.6. The molecule has 1 amide bonds. The Morgan fingerprint density at radius 1 is 1.44 bits per heavy atom. The summed E-state index contributed by atoms with van der Waals surface area (Å²) in [5.74, 6) is -0.577. The minimum absolute atomic E-state index is 0.0648. The average Bonchev–Trinajstić information content (AvgIpc) is 2.39. The van der Waals surface area contributed by atoms with Gasteiger partial charge in [-0.05, 0) is 17.7 Å². The first-order valence-corrected chi connectivity index (χ1v) is 5.15. The molecule has 1 heterocycles. The maximum absolute atomic E-state index is 13.0. The van der Waals surface area contributed by atoms with Crippen molar-refractivity contribution in [3.05, 3.63) is 35.1 Å². The number of ketones is 1. The summed E-state index contributed by atoms with van der Waals surface area (Å²) in [7, 11) is 0. The molecule has 0 radical (unpaired) electrons. The quantitative estimate of drug-likeness (QED) is 0.669. The zero-order valence-corrected chi connectivity index (χ0v) is 9.00. The molecule has 0 bridgehead atoms. The van der Waals surface area contributed by atoms with Gasteiger partial charge in [0, 0.05) is 32.0 Å². The van der Waals surface area contributed by atoms with Gasteiger partial charge in [-0.25, -0.2) is 4.39 Å². The molecule has 0 saturated heterocycles. The van der Waals surface area contributed by atoms with E-state index < -0.39 is 5.82 Å². The van der Waals surface area contributed by atoms with Gasteiger partial charge in [-0.2, -0.15) is 0 Å². The second kappa shape index (κ2) is 4.04. The van der Waals surface area contributed by atoms with E-state index in [1.54, 1.807) is 11.0 Å². The van der Waals surface area contributed by atoms with Crippen LogP contribution in [0.2, 0.25) is 0 Å². The molecule has 0 aromatic heterocycles. The Balaban J connectivity index is 2.41. The van der Waals surface area contributed by atoms with Crippen molar-refractivity contribution in [2.24, 2.45) is 0 Å². The van der Waals surface area contributed by atoms with Gasteiger partial charge >= 0.3 is 0 Å². The largest absolute Gasteiger partial charge is 0.338 e. The van der Waals surface area contributed by atoms with Crippen molar-refractivity contribution in [1.82, 2.24) is 4.90 Å². The highest BCUT2D eigenvalue weighted by Gasteiger charge is 2.21. The van der Waals surface area contributed by atoms with Gasteiger partial charge in [0.15, 0.2) is 5.78 Å². The molecule has 4 heteroatoms. The standard InChI is InChI=1S/C12H12FNO2/c1-8(15)14-5-4-12(16)11-6-10(13)3-2-9(11)7-14/h2-3,6H,4-5,7H2,1H3. The number of hydrogen-bond donors (Lipinski definition) is 0. The highest BCUT2D eigenvalue weighted by atomic mass is 19.1. The van der Waals surface area contributed by atoms with Crippen molar-refractivity contribution in [2.45, 2.75) is 19.9 Å². The van der Waals surface area contributed by atoms with Crippen LogP contribution < -0.4 is 0 Å². The number of amides is 1. The van der Waals surface area contributed by atoms with Gasteiger partial charge in [0.2, 0.25) is 5.91 Å². The second-order valence-corrected chi connectivity index (χ2v) is 3.92. The molecular weight excluding hydrogens is 209 g/mol. The fourth-order valence-electron chi connectivity index (χ4n) is 1.87. The lowest BCUT2D eigenvalue weighted by atomic mass is 10.0. The van der Waals surface area contributed by atoms with Crippen LogP contribution >= 0.6 is 0 Å². The average molecular weight is 221 g/mol. The van der Waals surface area contributed by atoms with Gasteiger partial charge in [-0.15, -0.1) is 0 Å². The Labute approximate surface area is 92.9 Å². The van der Waals surface area contributed by atoms with E-state index in [0.717, 1.165) is 5.56 Å². The van der Waals surface area contributed by atoms with Crippen LogP contribution in [0, 0.1) is 5.82 Å². The highest BCUT2D eigenvalue weighted by Crippen LogP contribution is 2.19. The lowest BCUT2D eigenvalue weighted by Crippen LogP contribution is -2.28. The van der Waals surface area contributed by atoms with Gasteiger partial charge in [0.25, 0.3) is 0 Å². The summed E-state index contributed by atoms with van der Waals surface area (Å²) in [5.41, 5.74) is 1.13. The van der Waals surface area contributed by atoms with Gasteiger partial charge < -0.3 is 4.90 Å². The van der Waals surface area contributed by atoms with Crippen molar-refractivity contribution in [3.63, 3.8) is 0 Å². The molecule has 1 aliphatic rings. The maximum atomic E-state index is 13.0. The Morgan fingerprint density at radius 2 is 2.19 bits per heavy atom. The first-order valence-electron chi connectivity index (χ1n) is 5.15. The van der Waals surface area contributed by atoms with Gasteiger partial charge in [-0.3, -0.25) is 9.59 Å². The molecule has 0 atom stereocenters. The van der Waals surface area contributed by atoms with Crippen LogP contribution in [-0.4, -0.2) is 23.1 Å². The number of fused-ring (bicyclic) bond motifs is 1. The van der Waals surface area contributed by atoms with Crippen LogP contribution in [-0.2, 0) is 11.3 Å². The highest BCUT2D eigenvalue weighted by molar-refractivity contribution is 5.98. The number of benzene rings is 1. The second-order valence-electron chi connectivity index (χ2n) is 3.92. The molecule has 0 spiro atoms. The van der Waals surface area contributed by atoms with Gasteiger partial charge in [-0.1, -0.05) is 6.07 Å². The molecule has 1 aliphatic heterocycles. The maximum Gasteiger partial charge on any atom is 0.219 e. The van der Waals surface area contributed by atoms with Crippen molar-refractivity contribution < 1.29 is 14.0 Å². The van der Waals surface area contributed by atoms with Gasteiger partial charge in [0.1, 0.15) is 5.82 Å². The molecular formula is C12H12FNO2. The van der Waals surface area contributed by atoms with Crippen LogP contribution in [0.3, 0.4) is 0 Å². The minimum Gasteiger partial charge on any atom is -0.338 e. The van der Waals surface area contributed by atoms with E-state index in [9.17, 15) is 14.0 Å². The van der Waals surface area contributed by atoms with Crippen LogP contribution in [0.25, 0.3) is 0 Å². The molecule has 0 N–H and O–H groups in total. The Bertz CT molecular complexity index is 456. The third kappa shape index (κ3) is 1.96. The first kappa shape index (κ1) is 10.8. The Morgan fingerprint density at radius 3 is 2.88 bits per heavy atom. The molecule has 1 aromatic rings. The Kier molecular flexibility index (Phi) is 2.73. The predicted octanol–water partition coefficient (Wildman–Crippen LogP) is 1.76. The molecule has 0 saturated carbocycles. The number of halogens is 1. The lowest BCUT2D eigenvalue weighted by molar-refractivity contribution is -0.129. The number of nitrogens with zero attached hydrogens (tertiary/aromatic N) is 1. The van der Waals surface area contributed by atoms with Crippen LogP contribution in [0.15, 0.2) is 18.2 Å².